The molecule has 0 radical (unpaired) electrons. The smallest absolute Gasteiger partial charge is 0.416 e. The van der Waals surface area contributed by atoms with E-state index in [2.05, 4.69) is 15.0 Å². The molecule has 184 valence electrons. The van der Waals surface area contributed by atoms with Gasteiger partial charge in [-0.1, -0.05) is 49.7 Å². The highest BCUT2D eigenvalue weighted by atomic mass is 19.4. The van der Waals surface area contributed by atoms with Crippen LogP contribution in [0.25, 0.3) is 22.6 Å². The Hall–Kier alpha value is -3.95. The molecule has 0 atom stereocenters. The van der Waals surface area contributed by atoms with Crippen LogP contribution in [0.4, 0.5) is 13.2 Å². The van der Waals surface area contributed by atoms with Crippen molar-refractivity contribution in [2.24, 2.45) is 0 Å². The zero-order chi connectivity index (χ0) is 25.8. The highest BCUT2D eigenvalue weighted by Gasteiger charge is 2.30. The minimum atomic E-state index is -4.43. The zero-order valence-corrected chi connectivity index (χ0v) is 19.7. The van der Waals surface area contributed by atoms with E-state index in [0.29, 0.717) is 16.9 Å². The van der Waals surface area contributed by atoms with Crippen LogP contribution in [0.2, 0.25) is 0 Å². The maximum Gasteiger partial charge on any atom is 0.416 e. The molecule has 0 amide bonds. The number of benzene rings is 2. The number of ether oxygens (including phenoxy) is 1. The van der Waals surface area contributed by atoms with Crippen molar-refractivity contribution in [2.75, 3.05) is 6.61 Å². The third-order valence-corrected chi connectivity index (χ3v) is 4.94. The molecular formula is C25H25F3N4O3. The Morgan fingerprint density at radius 1 is 1.06 bits per heavy atom. The van der Waals surface area contributed by atoms with Gasteiger partial charge in [-0.25, -0.2) is 14.8 Å². The first kappa shape index (κ1) is 25.7. The third kappa shape index (κ3) is 5.59. The summed E-state index contributed by atoms with van der Waals surface area (Å²) in [5.41, 5.74) is 2.03. The van der Waals surface area contributed by atoms with E-state index in [1.807, 2.05) is 45.0 Å². The van der Waals surface area contributed by atoms with Crippen LogP contribution < -0.4 is 4.74 Å². The minimum Gasteiger partial charge on any atom is -0.476 e. The molecule has 2 heterocycles. The second-order valence-corrected chi connectivity index (χ2v) is 7.35. The standard InChI is InChI=1S/C23H19F3N4O3.C2H6/c1-3-33-21-17-18(27-19(29-21)22(31)32)28-20(15-6-4-5-13(2)11-15)30(17)12-14-7-9-16(10-8-14)23(24,25)26;1-2/h4-11H,3,12H2,1-2H3,(H,31,32);1-2H3. The molecule has 0 aliphatic heterocycles. The van der Waals surface area contributed by atoms with E-state index in [-0.39, 0.29) is 24.7 Å². The molecule has 0 fully saturated rings. The molecular weight excluding hydrogens is 461 g/mol. The molecule has 4 rings (SSSR count). The molecule has 0 saturated carbocycles. The number of aryl methyl sites for hydroxylation is 1. The van der Waals surface area contributed by atoms with Crippen LogP contribution in [-0.4, -0.2) is 37.2 Å². The van der Waals surface area contributed by atoms with Crippen LogP contribution in [-0.2, 0) is 12.7 Å². The molecule has 35 heavy (non-hydrogen) atoms. The summed E-state index contributed by atoms with van der Waals surface area (Å²) >= 11 is 0. The normalized spacial score (nSPS) is 11.2. The summed E-state index contributed by atoms with van der Waals surface area (Å²) in [7, 11) is 0. The molecule has 0 saturated heterocycles. The molecule has 0 spiro atoms. The first-order valence-corrected chi connectivity index (χ1v) is 11.0. The Morgan fingerprint density at radius 2 is 1.74 bits per heavy atom. The fourth-order valence-corrected chi connectivity index (χ4v) is 3.48. The second kappa shape index (κ2) is 10.5. The van der Waals surface area contributed by atoms with Gasteiger partial charge in [0, 0.05) is 12.1 Å². The van der Waals surface area contributed by atoms with Gasteiger partial charge in [0.15, 0.2) is 11.2 Å². The van der Waals surface area contributed by atoms with E-state index >= 15 is 0 Å². The van der Waals surface area contributed by atoms with E-state index in [0.717, 1.165) is 23.3 Å². The highest BCUT2D eigenvalue weighted by molar-refractivity contribution is 5.89. The number of halogens is 3. The maximum atomic E-state index is 13.0. The Bertz CT molecular complexity index is 1330. The molecule has 0 bridgehead atoms. The van der Waals surface area contributed by atoms with Crippen molar-refractivity contribution in [1.29, 1.82) is 0 Å². The number of aromatic nitrogens is 4. The lowest BCUT2D eigenvalue weighted by Crippen LogP contribution is -2.10. The number of hydrogen-bond acceptors (Lipinski definition) is 5. The number of carboxylic acid groups (broad SMARTS) is 1. The van der Waals surface area contributed by atoms with Crippen molar-refractivity contribution in [1.82, 2.24) is 19.5 Å². The quantitative estimate of drug-likeness (QED) is 0.360. The van der Waals surface area contributed by atoms with E-state index in [1.54, 1.807) is 11.5 Å². The lowest BCUT2D eigenvalue weighted by atomic mass is 10.1. The Kier molecular flexibility index (Phi) is 7.73. The average molecular weight is 486 g/mol. The van der Waals surface area contributed by atoms with Crippen LogP contribution in [0.5, 0.6) is 5.88 Å². The highest BCUT2D eigenvalue weighted by Crippen LogP contribution is 2.32. The molecule has 0 aliphatic rings. The number of carboxylic acids is 1. The van der Waals surface area contributed by atoms with Gasteiger partial charge >= 0.3 is 12.1 Å². The van der Waals surface area contributed by atoms with Gasteiger partial charge in [-0.3, -0.25) is 0 Å². The number of fused-ring (bicyclic) bond motifs is 1. The fraction of sp³-hybridized carbons (Fsp3) is 0.280. The van der Waals surface area contributed by atoms with Gasteiger partial charge in [0.1, 0.15) is 5.82 Å². The lowest BCUT2D eigenvalue weighted by Gasteiger charge is -2.13. The minimum absolute atomic E-state index is 0.0400. The van der Waals surface area contributed by atoms with Gasteiger partial charge in [0.25, 0.3) is 0 Å². The van der Waals surface area contributed by atoms with Crippen LogP contribution in [0.3, 0.4) is 0 Å². The van der Waals surface area contributed by atoms with Gasteiger partial charge in [0.2, 0.25) is 11.7 Å². The van der Waals surface area contributed by atoms with Gasteiger partial charge in [-0.15, -0.1) is 0 Å². The number of aromatic carboxylic acids is 1. The number of nitrogens with zero attached hydrogens (tertiary/aromatic N) is 4. The van der Waals surface area contributed by atoms with Crippen LogP contribution in [0, 0.1) is 6.92 Å². The predicted molar refractivity (Wildman–Crippen MR) is 126 cm³/mol. The molecule has 1 N–H and O–H groups in total. The van der Waals surface area contributed by atoms with Gasteiger partial charge < -0.3 is 14.4 Å². The van der Waals surface area contributed by atoms with Gasteiger partial charge in [0.05, 0.1) is 12.2 Å². The van der Waals surface area contributed by atoms with E-state index in [4.69, 9.17) is 4.74 Å². The molecule has 7 nitrogen and oxygen atoms in total. The monoisotopic (exact) mass is 486 g/mol. The van der Waals surface area contributed by atoms with Crippen molar-refractivity contribution >= 4 is 17.1 Å². The zero-order valence-electron chi connectivity index (χ0n) is 19.7. The molecule has 4 aromatic rings. The predicted octanol–water partition coefficient (Wildman–Crippen LogP) is 5.99. The summed E-state index contributed by atoms with van der Waals surface area (Å²) in [5, 5.41) is 9.39. The summed E-state index contributed by atoms with van der Waals surface area (Å²) in [6.45, 7) is 8.01. The third-order valence-electron chi connectivity index (χ3n) is 4.94. The van der Waals surface area contributed by atoms with Crippen molar-refractivity contribution in [3.63, 3.8) is 0 Å². The number of alkyl halides is 3. The summed E-state index contributed by atoms with van der Waals surface area (Å²) in [4.78, 5) is 24.1. The summed E-state index contributed by atoms with van der Waals surface area (Å²) in [6, 6.07) is 12.3. The number of carbonyl (C=O) groups is 1. The van der Waals surface area contributed by atoms with Crippen molar-refractivity contribution in [3.8, 4) is 17.3 Å². The molecule has 0 unspecified atom stereocenters. The molecule has 10 heteroatoms. The van der Waals surface area contributed by atoms with E-state index in [1.165, 1.54) is 12.1 Å². The Morgan fingerprint density at radius 3 is 2.31 bits per heavy atom. The van der Waals surface area contributed by atoms with Crippen LogP contribution in [0.1, 0.15) is 48.1 Å². The van der Waals surface area contributed by atoms with E-state index in [9.17, 15) is 23.1 Å². The second-order valence-electron chi connectivity index (χ2n) is 7.35. The van der Waals surface area contributed by atoms with Crippen molar-refractivity contribution < 1.29 is 27.8 Å². The van der Waals surface area contributed by atoms with Crippen molar-refractivity contribution in [2.45, 2.75) is 40.4 Å². The maximum absolute atomic E-state index is 13.0. The van der Waals surface area contributed by atoms with Crippen molar-refractivity contribution in [3.05, 3.63) is 71.0 Å². The van der Waals surface area contributed by atoms with Crippen LogP contribution >= 0.6 is 0 Å². The Labute approximate surface area is 200 Å². The SMILES string of the molecule is CC.CCOc1nc(C(=O)O)nc2nc(-c3cccc(C)c3)n(Cc3ccc(C(F)(F)F)cc3)c12. The van der Waals surface area contributed by atoms with Crippen LogP contribution in [0.15, 0.2) is 48.5 Å². The molecule has 2 aromatic carbocycles. The number of imidazole rings is 1. The fourth-order valence-electron chi connectivity index (χ4n) is 3.48. The summed E-state index contributed by atoms with van der Waals surface area (Å²) in [5.74, 6) is -1.28. The number of hydrogen-bond donors (Lipinski definition) is 1. The first-order chi connectivity index (χ1) is 16.7. The Balaban J connectivity index is 0.00000167. The average Bonchev–Trinajstić information content (AvgIpc) is 3.19. The van der Waals surface area contributed by atoms with E-state index < -0.39 is 23.5 Å². The first-order valence-electron chi connectivity index (χ1n) is 11.0. The van der Waals surface area contributed by atoms with Gasteiger partial charge in [-0.2, -0.15) is 18.2 Å². The topological polar surface area (TPSA) is 90.1 Å². The van der Waals surface area contributed by atoms with Gasteiger partial charge in [-0.05, 0) is 37.6 Å². The largest absolute Gasteiger partial charge is 0.476 e. The number of rotatable bonds is 6. The molecule has 2 aromatic heterocycles. The lowest BCUT2D eigenvalue weighted by molar-refractivity contribution is -0.137. The molecule has 0 aliphatic carbocycles. The summed E-state index contributed by atoms with van der Waals surface area (Å²) < 4.78 is 46.2. The summed E-state index contributed by atoms with van der Waals surface area (Å²) in [6.07, 6.45) is -4.43.